The summed E-state index contributed by atoms with van der Waals surface area (Å²) in [6.45, 7) is 1.61. The Balaban J connectivity index is 2.07. The number of benzene rings is 1. The SMILES string of the molecule is NNC(CC1CCOCC1)c1ccc(F)cc1Cl. The number of hydrogen-bond acceptors (Lipinski definition) is 3. The van der Waals surface area contributed by atoms with Crippen LogP contribution in [0.2, 0.25) is 5.02 Å². The summed E-state index contributed by atoms with van der Waals surface area (Å²) in [7, 11) is 0. The second-order valence-electron chi connectivity index (χ2n) is 4.68. The zero-order valence-electron chi connectivity index (χ0n) is 10.2. The molecule has 1 aromatic carbocycles. The van der Waals surface area contributed by atoms with Crippen LogP contribution >= 0.6 is 11.6 Å². The fourth-order valence-electron chi connectivity index (χ4n) is 2.38. The molecule has 1 atom stereocenters. The third-order valence-corrected chi connectivity index (χ3v) is 3.78. The van der Waals surface area contributed by atoms with Gasteiger partial charge in [0.15, 0.2) is 0 Å². The molecule has 3 N–H and O–H groups in total. The Morgan fingerprint density at radius 1 is 1.44 bits per heavy atom. The molecule has 1 aromatic rings. The van der Waals surface area contributed by atoms with Crippen LogP contribution in [-0.2, 0) is 4.74 Å². The smallest absolute Gasteiger partial charge is 0.124 e. The molecule has 0 saturated carbocycles. The van der Waals surface area contributed by atoms with Gasteiger partial charge in [0.05, 0.1) is 0 Å². The average molecular weight is 273 g/mol. The molecule has 100 valence electrons. The van der Waals surface area contributed by atoms with Gasteiger partial charge in [-0.1, -0.05) is 17.7 Å². The average Bonchev–Trinajstić information content (AvgIpc) is 2.38. The van der Waals surface area contributed by atoms with Gasteiger partial charge in [0, 0.05) is 24.3 Å². The highest BCUT2D eigenvalue weighted by atomic mass is 35.5. The molecule has 3 nitrogen and oxygen atoms in total. The van der Waals surface area contributed by atoms with Crippen LogP contribution in [0.25, 0.3) is 0 Å². The molecule has 1 fully saturated rings. The highest BCUT2D eigenvalue weighted by Gasteiger charge is 2.21. The molecular formula is C13H18ClFN2O. The van der Waals surface area contributed by atoms with E-state index in [2.05, 4.69) is 5.43 Å². The standard InChI is InChI=1S/C13H18ClFN2O/c14-12-8-10(15)1-2-11(12)13(17-16)7-9-3-5-18-6-4-9/h1-2,8-9,13,17H,3-7,16H2. The van der Waals surface area contributed by atoms with E-state index in [1.165, 1.54) is 12.1 Å². The predicted octanol–water partition coefficient (Wildman–Crippen LogP) is 2.80. The van der Waals surface area contributed by atoms with E-state index in [-0.39, 0.29) is 11.9 Å². The van der Waals surface area contributed by atoms with Crippen LogP contribution in [0.4, 0.5) is 4.39 Å². The Morgan fingerprint density at radius 2 is 2.17 bits per heavy atom. The van der Waals surface area contributed by atoms with E-state index < -0.39 is 0 Å². The second-order valence-corrected chi connectivity index (χ2v) is 5.08. The number of nitrogens with one attached hydrogen (secondary N) is 1. The van der Waals surface area contributed by atoms with Gasteiger partial charge in [-0.3, -0.25) is 11.3 Å². The minimum atomic E-state index is -0.328. The third-order valence-electron chi connectivity index (χ3n) is 3.45. The summed E-state index contributed by atoms with van der Waals surface area (Å²) >= 11 is 6.06. The maximum absolute atomic E-state index is 13.0. The zero-order valence-corrected chi connectivity index (χ0v) is 10.9. The Hall–Kier alpha value is -0.680. The third kappa shape index (κ3) is 3.42. The molecule has 0 aliphatic carbocycles. The van der Waals surface area contributed by atoms with Gasteiger partial charge in [-0.2, -0.15) is 0 Å². The number of nitrogens with two attached hydrogens (primary N) is 1. The Morgan fingerprint density at radius 3 is 2.78 bits per heavy atom. The van der Waals surface area contributed by atoms with Crippen molar-refractivity contribution in [1.82, 2.24) is 5.43 Å². The van der Waals surface area contributed by atoms with Crippen LogP contribution in [0.3, 0.4) is 0 Å². The van der Waals surface area contributed by atoms with Crippen molar-refractivity contribution in [1.29, 1.82) is 0 Å². The summed E-state index contributed by atoms with van der Waals surface area (Å²) in [4.78, 5) is 0. The monoisotopic (exact) mass is 272 g/mol. The van der Waals surface area contributed by atoms with Crippen molar-refractivity contribution < 1.29 is 9.13 Å². The van der Waals surface area contributed by atoms with Crippen molar-refractivity contribution in [3.8, 4) is 0 Å². The lowest BCUT2D eigenvalue weighted by Crippen LogP contribution is -2.31. The molecule has 1 aliphatic rings. The summed E-state index contributed by atoms with van der Waals surface area (Å²) in [5, 5.41) is 0.421. The second kappa shape index (κ2) is 6.48. The maximum atomic E-state index is 13.0. The van der Waals surface area contributed by atoms with Gasteiger partial charge in [0.2, 0.25) is 0 Å². The molecule has 2 rings (SSSR count). The van der Waals surface area contributed by atoms with Crippen LogP contribution < -0.4 is 11.3 Å². The van der Waals surface area contributed by atoms with Crippen LogP contribution in [0, 0.1) is 11.7 Å². The predicted molar refractivity (Wildman–Crippen MR) is 69.6 cm³/mol. The van der Waals surface area contributed by atoms with Gasteiger partial charge >= 0.3 is 0 Å². The van der Waals surface area contributed by atoms with Crippen molar-refractivity contribution in [2.75, 3.05) is 13.2 Å². The van der Waals surface area contributed by atoms with Gasteiger partial charge in [0.1, 0.15) is 5.82 Å². The highest BCUT2D eigenvalue weighted by Crippen LogP contribution is 2.31. The van der Waals surface area contributed by atoms with Crippen molar-refractivity contribution in [3.05, 3.63) is 34.6 Å². The molecule has 1 unspecified atom stereocenters. The maximum Gasteiger partial charge on any atom is 0.124 e. The van der Waals surface area contributed by atoms with Crippen molar-refractivity contribution in [2.45, 2.75) is 25.3 Å². The first-order valence-electron chi connectivity index (χ1n) is 6.19. The minimum Gasteiger partial charge on any atom is -0.381 e. The van der Waals surface area contributed by atoms with Crippen LogP contribution in [0.5, 0.6) is 0 Å². The van der Waals surface area contributed by atoms with E-state index in [4.69, 9.17) is 22.2 Å². The molecule has 0 aromatic heterocycles. The van der Waals surface area contributed by atoms with Crippen LogP contribution in [-0.4, -0.2) is 13.2 Å². The van der Waals surface area contributed by atoms with Crippen LogP contribution in [0.15, 0.2) is 18.2 Å². The van der Waals surface area contributed by atoms with Crippen molar-refractivity contribution in [2.24, 2.45) is 11.8 Å². The quantitative estimate of drug-likeness (QED) is 0.654. The highest BCUT2D eigenvalue weighted by molar-refractivity contribution is 6.31. The van der Waals surface area contributed by atoms with Gasteiger partial charge in [-0.25, -0.2) is 4.39 Å². The minimum absolute atomic E-state index is 0.0406. The van der Waals surface area contributed by atoms with Gasteiger partial charge in [-0.05, 0) is 42.9 Å². The van der Waals surface area contributed by atoms with Crippen molar-refractivity contribution >= 4 is 11.6 Å². The molecule has 18 heavy (non-hydrogen) atoms. The zero-order chi connectivity index (χ0) is 13.0. The first-order chi connectivity index (χ1) is 8.70. The summed E-state index contributed by atoms with van der Waals surface area (Å²) in [5.74, 6) is 5.84. The molecule has 5 heteroatoms. The molecule has 0 bridgehead atoms. The van der Waals surface area contributed by atoms with E-state index in [1.54, 1.807) is 6.07 Å². The topological polar surface area (TPSA) is 47.3 Å². The van der Waals surface area contributed by atoms with Gasteiger partial charge in [-0.15, -0.1) is 0 Å². The van der Waals surface area contributed by atoms with E-state index in [1.807, 2.05) is 0 Å². The van der Waals surface area contributed by atoms with Gasteiger partial charge in [0.25, 0.3) is 0 Å². The number of hydrazine groups is 1. The number of ether oxygens (including phenoxy) is 1. The van der Waals surface area contributed by atoms with Crippen LogP contribution in [0.1, 0.15) is 30.9 Å². The normalized spacial score (nSPS) is 18.8. The fraction of sp³-hybridized carbons (Fsp3) is 0.538. The number of halogens is 2. The fourth-order valence-corrected chi connectivity index (χ4v) is 2.68. The molecule has 1 heterocycles. The molecule has 1 saturated heterocycles. The molecule has 1 aliphatic heterocycles. The molecular weight excluding hydrogens is 255 g/mol. The lowest BCUT2D eigenvalue weighted by Gasteiger charge is -2.27. The lowest BCUT2D eigenvalue weighted by atomic mass is 9.90. The Bertz CT molecular complexity index is 397. The van der Waals surface area contributed by atoms with E-state index in [0.29, 0.717) is 10.9 Å². The summed E-state index contributed by atoms with van der Waals surface area (Å²) in [6.07, 6.45) is 2.97. The summed E-state index contributed by atoms with van der Waals surface area (Å²) < 4.78 is 18.4. The molecule has 0 amide bonds. The largest absolute Gasteiger partial charge is 0.381 e. The Kier molecular flexibility index (Phi) is 4.95. The van der Waals surface area contributed by atoms with E-state index in [0.717, 1.165) is 38.0 Å². The first kappa shape index (κ1) is 13.7. The van der Waals surface area contributed by atoms with E-state index in [9.17, 15) is 4.39 Å². The number of rotatable bonds is 4. The van der Waals surface area contributed by atoms with Gasteiger partial charge < -0.3 is 4.74 Å². The summed E-state index contributed by atoms with van der Waals surface area (Å²) in [5.41, 5.74) is 3.63. The lowest BCUT2D eigenvalue weighted by molar-refractivity contribution is 0.0605. The van der Waals surface area contributed by atoms with Crippen molar-refractivity contribution in [3.63, 3.8) is 0 Å². The summed E-state index contributed by atoms with van der Waals surface area (Å²) in [6, 6.07) is 4.39. The first-order valence-corrected chi connectivity index (χ1v) is 6.57. The number of hydrogen-bond donors (Lipinski definition) is 2. The van der Waals surface area contributed by atoms with E-state index >= 15 is 0 Å². The molecule has 0 radical (unpaired) electrons. The Labute approximate surface area is 111 Å². The molecule has 0 spiro atoms.